The molecular weight excluding hydrogens is 416 g/mol. The number of amides is 2. The Bertz CT molecular complexity index is 970. The predicted molar refractivity (Wildman–Crippen MR) is 115 cm³/mol. The number of hydrogen-bond acceptors (Lipinski definition) is 7. The fraction of sp³-hybridized carbons (Fsp3) is 0.476. The standard InChI is InChI=1S/C21H22N6O3S/c1-14(28)24-8-17-9-27(20(29)30-17)16-4-2-15(3-5-16)21(12-23)18-10-26(11-19(18)21)13-25-31-7-6-22/h2-5,13,17-19H,7-11H2,1H3,(H,24,28)/t17-,18?,19?,21?/m0/s1. The van der Waals surface area contributed by atoms with Gasteiger partial charge in [-0.1, -0.05) is 12.1 Å². The minimum Gasteiger partial charge on any atom is -0.442 e. The van der Waals surface area contributed by atoms with E-state index in [1.807, 2.05) is 30.3 Å². The number of fused-ring (bicyclic) bond motifs is 1. The van der Waals surface area contributed by atoms with Crippen molar-refractivity contribution in [1.82, 2.24) is 10.2 Å². The number of likely N-dealkylation sites (tertiary alicyclic amines) is 1. The highest BCUT2D eigenvalue weighted by Crippen LogP contribution is 2.63. The van der Waals surface area contributed by atoms with Crippen LogP contribution >= 0.6 is 11.9 Å². The Kier molecular flexibility index (Phi) is 5.75. The molecule has 4 rings (SSSR count). The molecule has 1 aromatic carbocycles. The summed E-state index contributed by atoms with van der Waals surface area (Å²) in [5, 5.41) is 21.2. The molecule has 2 heterocycles. The molecule has 1 aliphatic carbocycles. The van der Waals surface area contributed by atoms with Gasteiger partial charge in [-0.25, -0.2) is 9.19 Å². The van der Waals surface area contributed by atoms with E-state index in [-0.39, 0.29) is 30.4 Å². The van der Waals surface area contributed by atoms with Gasteiger partial charge in [-0.2, -0.15) is 10.5 Å². The van der Waals surface area contributed by atoms with Gasteiger partial charge in [0.25, 0.3) is 0 Å². The largest absolute Gasteiger partial charge is 0.442 e. The zero-order valence-corrected chi connectivity index (χ0v) is 17.8. The van der Waals surface area contributed by atoms with E-state index in [0.717, 1.165) is 18.7 Å². The van der Waals surface area contributed by atoms with Gasteiger partial charge < -0.3 is 15.0 Å². The van der Waals surface area contributed by atoms with E-state index in [9.17, 15) is 14.9 Å². The Morgan fingerprint density at radius 1 is 1.32 bits per heavy atom. The Balaban J connectivity index is 1.38. The van der Waals surface area contributed by atoms with Crippen LogP contribution in [0.15, 0.2) is 28.7 Å². The van der Waals surface area contributed by atoms with Crippen molar-refractivity contribution in [2.24, 2.45) is 16.2 Å². The molecule has 1 saturated carbocycles. The van der Waals surface area contributed by atoms with Gasteiger partial charge in [0.15, 0.2) is 0 Å². The summed E-state index contributed by atoms with van der Waals surface area (Å²) in [4.78, 5) is 26.9. The first-order valence-electron chi connectivity index (χ1n) is 10.0. The summed E-state index contributed by atoms with van der Waals surface area (Å²) in [6.07, 6.45) is 0.935. The van der Waals surface area contributed by atoms with Gasteiger partial charge in [-0.15, -0.1) is 0 Å². The number of ether oxygens (including phenoxy) is 1. The van der Waals surface area contributed by atoms with E-state index in [4.69, 9.17) is 10.00 Å². The molecule has 160 valence electrons. The molecule has 2 unspecified atom stereocenters. The van der Waals surface area contributed by atoms with Gasteiger partial charge in [0.1, 0.15) is 11.9 Å². The molecule has 0 bridgehead atoms. The third-order valence-electron chi connectivity index (χ3n) is 6.12. The molecule has 3 aliphatic rings. The van der Waals surface area contributed by atoms with Crippen molar-refractivity contribution in [3.8, 4) is 12.1 Å². The normalized spacial score (nSPS) is 28.7. The van der Waals surface area contributed by atoms with E-state index < -0.39 is 11.5 Å². The summed E-state index contributed by atoms with van der Waals surface area (Å²) >= 11 is 1.22. The molecule has 9 nitrogen and oxygen atoms in total. The summed E-state index contributed by atoms with van der Waals surface area (Å²) in [5.41, 5.74) is 1.18. The third kappa shape index (κ3) is 3.91. The van der Waals surface area contributed by atoms with E-state index in [1.54, 1.807) is 11.2 Å². The average Bonchev–Trinajstić information content (AvgIpc) is 3.05. The molecule has 1 N–H and O–H groups in total. The number of carbonyl (C=O) groups excluding carboxylic acids is 2. The Labute approximate surface area is 184 Å². The molecule has 0 aromatic heterocycles. The fourth-order valence-electron chi connectivity index (χ4n) is 4.59. The van der Waals surface area contributed by atoms with Crippen LogP contribution in [0.3, 0.4) is 0 Å². The van der Waals surface area contributed by atoms with Crippen LogP contribution in [0.4, 0.5) is 10.5 Å². The van der Waals surface area contributed by atoms with Crippen molar-refractivity contribution in [2.45, 2.75) is 18.4 Å². The van der Waals surface area contributed by atoms with Crippen LogP contribution < -0.4 is 10.2 Å². The van der Waals surface area contributed by atoms with Gasteiger partial charge in [0.05, 0.1) is 37.0 Å². The quantitative estimate of drug-likeness (QED) is 0.297. The van der Waals surface area contributed by atoms with Crippen LogP contribution in [0.1, 0.15) is 12.5 Å². The second kappa shape index (κ2) is 8.48. The SMILES string of the molecule is CC(=O)NC[C@H]1CN(c2ccc(C3(C#N)C4CN(C=NSCC#N)CC43)cc2)C(=O)O1. The zero-order chi connectivity index (χ0) is 22.0. The number of rotatable bonds is 7. The maximum absolute atomic E-state index is 12.2. The minimum absolute atomic E-state index is 0.165. The number of nitrogens with one attached hydrogen (secondary N) is 1. The van der Waals surface area contributed by atoms with E-state index in [0.29, 0.717) is 18.0 Å². The average molecular weight is 439 g/mol. The highest BCUT2D eigenvalue weighted by Gasteiger charge is 2.69. The second-order valence-corrected chi connectivity index (χ2v) is 8.66. The molecule has 0 spiro atoms. The maximum Gasteiger partial charge on any atom is 0.414 e. The third-order valence-corrected chi connectivity index (χ3v) is 6.62. The first-order valence-corrected chi connectivity index (χ1v) is 10.9. The van der Waals surface area contributed by atoms with Gasteiger partial charge in [-0.3, -0.25) is 9.69 Å². The molecule has 31 heavy (non-hydrogen) atoms. The van der Waals surface area contributed by atoms with E-state index in [1.165, 1.54) is 18.9 Å². The molecule has 1 aromatic rings. The van der Waals surface area contributed by atoms with Gasteiger partial charge in [-0.05, 0) is 29.6 Å². The second-order valence-electron chi connectivity index (χ2n) is 7.90. The van der Waals surface area contributed by atoms with E-state index >= 15 is 0 Å². The van der Waals surface area contributed by atoms with Crippen LogP contribution in [0, 0.1) is 34.5 Å². The number of anilines is 1. The molecule has 3 fully saturated rings. The number of piperidine rings is 1. The van der Waals surface area contributed by atoms with Crippen LogP contribution in [-0.4, -0.2) is 61.3 Å². The summed E-state index contributed by atoms with van der Waals surface area (Å²) in [5.74, 6) is 0.648. The van der Waals surface area contributed by atoms with E-state index in [2.05, 4.69) is 20.7 Å². The smallest absolute Gasteiger partial charge is 0.414 e. The summed E-state index contributed by atoms with van der Waals surface area (Å²) in [6, 6.07) is 12.1. The number of nitriles is 2. The molecule has 2 saturated heterocycles. The first-order chi connectivity index (χ1) is 15.0. The Hall–Kier alpha value is -3.24. The number of nitrogens with zero attached hydrogens (tertiary/aromatic N) is 5. The summed E-state index contributed by atoms with van der Waals surface area (Å²) in [6.45, 7) is 3.60. The molecule has 2 aliphatic heterocycles. The lowest BCUT2D eigenvalue weighted by Gasteiger charge is -2.21. The lowest BCUT2D eigenvalue weighted by molar-refractivity contribution is -0.119. The summed E-state index contributed by atoms with van der Waals surface area (Å²) in [7, 11) is 0. The Morgan fingerprint density at radius 2 is 2.03 bits per heavy atom. The van der Waals surface area contributed by atoms with Crippen molar-refractivity contribution in [2.75, 3.05) is 36.8 Å². The lowest BCUT2D eigenvalue weighted by Crippen LogP contribution is -2.33. The molecule has 0 radical (unpaired) electrons. The van der Waals surface area contributed by atoms with Gasteiger partial charge in [0.2, 0.25) is 5.91 Å². The molecule has 2 amide bonds. The van der Waals surface area contributed by atoms with Crippen molar-refractivity contribution in [3.63, 3.8) is 0 Å². The molecular formula is C21H22N6O3S. The molecule has 10 heteroatoms. The van der Waals surface area contributed by atoms with Crippen LogP contribution in [0.2, 0.25) is 0 Å². The number of benzene rings is 1. The van der Waals surface area contributed by atoms with Crippen molar-refractivity contribution in [1.29, 1.82) is 10.5 Å². The summed E-state index contributed by atoms with van der Waals surface area (Å²) < 4.78 is 9.49. The highest BCUT2D eigenvalue weighted by molar-refractivity contribution is 7.98. The van der Waals surface area contributed by atoms with Crippen molar-refractivity contribution < 1.29 is 14.3 Å². The first kappa shape index (κ1) is 21.0. The van der Waals surface area contributed by atoms with Gasteiger partial charge in [0, 0.05) is 37.5 Å². The predicted octanol–water partition coefficient (Wildman–Crippen LogP) is 1.67. The topological polar surface area (TPSA) is 122 Å². The Morgan fingerprint density at radius 3 is 2.65 bits per heavy atom. The lowest BCUT2D eigenvalue weighted by atomic mass is 9.91. The highest BCUT2D eigenvalue weighted by atomic mass is 32.2. The fourth-order valence-corrected chi connectivity index (χ4v) is 4.93. The number of cyclic esters (lactones) is 1. The van der Waals surface area contributed by atoms with Crippen molar-refractivity contribution >= 4 is 36.0 Å². The molecule has 3 atom stereocenters. The zero-order valence-electron chi connectivity index (χ0n) is 17.0. The maximum atomic E-state index is 12.2. The van der Waals surface area contributed by atoms with Crippen LogP contribution in [0.25, 0.3) is 0 Å². The number of carbonyl (C=O) groups is 2. The van der Waals surface area contributed by atoms with Crippen LogP contribution in [-0.2, 0) is 14.9 Å². The van der Waals surface area contributed by atoms with Gasteiger partial charge >= 0.3 is 6.09 Å². The number of hydrogen-bond donors (Lipinski definition) is 1. The van der Waals surface area contributed by atoms with Crippen molar-refractivity contribution in [3.05, 3.63) is 29.8 Å². The monoisotopic (exact) mass is 438 g/mol. The minimum atomic E-state index is -0.498. The van der Waals surface area contributed by atoms with Crippen LogP contribution in [0.5, 0.6) is 0 Å².